The fourth-order valence-corrected chi connectivity index (χ4v) is 4.60. The van der Waals surface area contributed by atoms with E-state index in [0.29, 0.717) is 5.92 Å². The first-order chi connectivity index (χ1) is 14.6. The Bertz CT molecular complexity index is 1580. The summed E-state index contributed by atoms with van der Waals surface area (Å²) in [5.74, 6) is 0.424. The molecule has 0 fully saturated rings. The number of rotatable bonds is 2. The van der Waals surface area contributed by atoms with Crippen LogP contribution in [0.4, 0.5) is 0 Å². The average molecular weight is 391 g/mol. The maximum atomic E-state index is 6.41. The van der Waals surface area contributed by atoms with Crippen molar-refractivity contribution in [2.75, 3.05) is 0 Å². The van der Waals surface area contributed by atoms with Gasteiger partial charge in [0.1, 0.15) is 22.3 Å². The molecule has 0 atom stereocenters. The highest BCUT2D eigenvalue weighted by atomic mass is 16.3. The molecule has 146 valence electrons. The van der Waals surface area contributed by atoms with Crippen LogP contribution in [0.25, 0.3) is 55.1 Å². The molecule has 3 aromatic heterocycles. The van der Waals surface area contributed by atoms with E-state index in [2.05, 4.69) is 57.2 Å². The van der Waals surface area contributed by atoms with Crippen molar-refractivity contribution >= 4 is 43.9 Å². The summed E-state index contributed by atoms with van der Waals surface area (Å²) in [5.41, 5.74) is 7.87. The quantitative estimate of drug-likeness (QED) is 0.300. The van der Waals surface area contributed by atoms with Gasteiger partial charge in [0.25, 0.3) is 0 Å². The van der Waals surface area contributed by atoms with Gasteiger partial charge in [0.15, 0.2) is 0 Å². The molecule has 0 aliphatic heterocycles. The molecule has 3 aromatic carbocycles. The van der Waals surface area contributed by atoms with E-state index in [-0.39, 0.29) is 0 Å². The Morgan fingerprint density at radius 3 is 2.17 bits per heavy atom. The van der Waals surface area contributed by atoms with Crippen LogP contribution in [0.2, 0.25) is 0 Å². The van der Waals surface area contributed by atoms with Gasteiger partial charge < -0.3 is 8.83 Å². The van der Waals surface area contributed by atoms with Crippen molar-refractivity contribution in [3.8, 4) is 11.3 Å². The van der Waals surface area contributed by atoms with Crippen LogP contribution in [0.3, 0.4) is 0 Å². The number of benzene rings is 3. The summed E-state index contributed by atoms with van der Waals surface area (Å²) in [6.45, 7) is 6.54. The molecule has 0 aliphatic carbocycles. The Balaban J connectivity index is 1.81. The zero-order valence-corrected chi connectivity index (χ0v) is 17.2. The normalized spacial score (nSPS) is 12.1. The molecule has 30 heavy (non-hydrogen) atoms. The first-order valence-electron chi connectivity index (χ1n) is 10.3. The molecular formula is C27H21NO2. The minimum atomic E-state index is 0.424. The van der Waals surface area contributed by atoms with Gasteiger partial charge >= 0.3 is 0 Å². The van der Waals surface area contributed by atoms with Crippen LogP contribution in [0.5, 0.6) is 0 Å². The fourth-order valence-electron chi connectivity index (χ4n) is 4.60. The molecule has 0 saturated carbocycles. The molecule has 0 aliphatic rings. The largest absolute Gasteiger partial charge is 0.456 e. The molecule has 0 saturated heterocycles. The summed E-state index contributed by atoms with van der Waals surface area (Å²) >= 11 is 0. The summed E-state index contributed by atoms with van der Waals surface area (Å²) < 4.78 is 12.7. The topological polar surface area (TPSA) is 39.2 Å². The third-order valence-corrected chi connectivity index (χ3v) is 6.03. The summed E-state index contributed by atoms with van der Waals surface area (Å²) in [6.07, 6.45) is 1.96. The van der Waals surface area contributed by atoms with Crippen LogP contribution >= 0.6 is 0 Å². The third-order valence-electron chi connectivity index (χ3n) is 6.03. The number of furan rings is 2. The zero-order chi connectivity index (χ0) is 20.4. The van der Waals surface area contributed by atoms with E-state index in [9.17, 15) is 0 Å². The first-order valence-corrected chi connectivity index (χ1v) is 10.3. The maximum absolute atomic E-state index is 6.41. The Labute approximate surface area is 173 Å². The SMILES string of the molecule is Cc1cnc(-c2cc3oc4ccccc4c3c3c2oc2ccccc23)cc1C(C)C. The minimum Gasteiger partial charge on any atom is -0.456 e. The molecule has 0 radical (unpaired) electrons. The minimum absolute atomic E-state index is 0.424. The average Bonchev–Trinajstić information content (AvgIpc) is 3.31. The van der Waals surface area contributed by atoms with Gasteiger partial charge in [-0.05, 0) is 48.2 Å². The van der Waals surface area contributed by atoms with Crippen LogP contribution in [-0.2, 0) is 0 Å². The van der Waals surface area contributed by atoms with Crippen molar-refractivity contribution in [2.24, 2.45) is 0 Å². The second-order valence-corrected chi connectivity index (χ2v) is 8.28. The molecular weight excluding hydrogens is 370 g/mol. The van der Waals surface area contributed by atoms with E-state index < -0.39 is 0 Å². The predicted octanol–water partition coefficient (Wildman–Crippen LogP) is 7.98. The zero-order valence-electron chi connectivity index (χ0n) is 17.2. The van der Waals surface area contributed by atoms with Gasteiger partial charge in [0, 0.05) is 33.3 Å². The number of nitrogens with zero attached hydrogens (tertiary/aromatic N) is 1. The number of aromatic nitrogens is 1. The summed E-state index contributed by atoms with van der Waals surface area (Å²) in [6, 6.07) is 20.7. The highest BCUT2D eigenvalue weighted by Gasteiger charge is 2.21. The molecule has 0 spiro atoms. The van der Waals surface area contributed by atoms with Gasteiger partial charge in [0.2, 0.25) is 0 Å². The van der Waals surface area contributed by atoms with E-state index in [1.807, 2.05) is 30.5 Å². The van der Waals surface area contributed by atoms with Crippen LogP contribution in [0.15, 0.2) is 75.7 Å². The number of fused-ring (bicyclic) bond motifs is 7. The lowest BCUT2D eigenvalue weighted by molar-refractivity contribution is 0.663. The van der Waals surface area contributed by atoms with E-state index >= 15 is 0 Å². The third kappa shape index (κ3) is 2.35. The molecule has 6 rings (SSSR count). The highest BCUT2D eigenvalue weighted by Crippen LogP contribution is 2.44. The number of hydrogen-bond donors (Lipinski definition) is 0. The van der Waals surface area contributed by atoms with Crippen LogP contribution < -0.4 is 0 Å². The van der Waals surface area contributed by atoms with Crippen LogP contribution in [0.1, 0.15) is 30.9 Å². The Morgan fingerprint density at radius 1 is 0.767 bits per heavy atom. The van der Waals surface area contributed by atoms with E-state index in [1.165, 1.54) is 11.1 Å². The van der Waals surface area contributed by atoms with Gasteiger partial charge in [-0.25, -0.2) is 0 Å². The lowest BCUT2D eigenvalue weighted by Crippen LogP contribution is -1.95. The number of pyridine rings is 1. The number of para-hydroxylation sites is 2. The molecule has 3 nitrogen and oxygen atoms in total. The fraction of sp³-hybridized carbons (Fsp3) is 0.148. The second kappa shape index (κ2) is 6.20. The van der Waals surface area contributed by atoms with Crippen molar-refractivity contribution in [3.05, 3.63) is 78.0 Å². The Morgan fingerprint density at radius 2 is 1.43 bits per heavy atom. The molecule has 0 N–H and O–H groups in total. The van der Waals surface area contributed by atoms with E-state index in [1.54, 1.807) is 0 Å². The van der Waals surface area contributed by atoms with E-state index in [0.717, 1.165) is 55.1 Å². The summed E-state index contributed by atoms with van der Waals surface area (Å²) in [5, 5.41) is 4.40. The molecule has 3 heteroatoms. The van der Waals surface area contributed by atoms with Crippen molar-refractivity contribution in [1.82, 2.24) is 4.98 Å². The molecule has 6 aromatic rings. The molecule has 0 amide bonds. The number of aryl methyl sites for hydroxylation is 1. The monoisotopic (exact) mass is 391 g/mol. The Hall–Kier alpha value is -3.59. The Kier molecular flexibility index (Phi) is 3.57. The van der Waals surface area contributed by atoms with Gasteiger partial charge in [-0.1, -0.05) is 50.2 Å². The van der Waals surface area contributed by atoms with Crippen LogP contribution in [-0.4, -0.2) is 4.98 Å². The number of hydrogen-bond acceptors (Lipinski definition) is 3. The first kappa shape index (κ1) is 17.3. The summed E-state index contributed by atoms with van der Waals surface area (Å²) in [4.78, 5) is 4.77. The van der Waals surface area contributed by atoms with E-state index in [4.69, 9.17) is 13.8 Å². The summed E-state index contributed by atoms with van der Waals surface area (Å²) in [7, 11) is 0. The van der Waals surface area contributed by atoms with Crippen LogP contribution in [0, 0.1) is 6.92 Å². The van der Waals surface area contributed by atoms with Gasteiger partial charge in [0.05, 0.1) is 5.69 Å². The highest BCUT2D eigenvalue weighted by molar-refractivity contribution is 6.28. The van der Waals surface area contributed by atoms with Gasteiger partial charge in [-0.3, -0.25) is 4.98 Å². The smallest absolute Gasteiger partial charge is 0.145 e. The van der Waals surface area contributed by atoms with Gasteiger partial charge in [-0.2, -0.15) is 0 Å². The van der Waals surface area contributed by atoms with Crippen molar-refractivity contribution in [2.45, 2.75) is 26.7 Å². The van der Waals surface area contributed by atoms with Crippen molar-refractivity contribution in [1.29, 1.82) is 0 Å². The standard InChI is InChI=1S/C27H21NO2/c1-15(2)19-12-21(28-14-16(19)3)20-13-24-25(17-8-4-6-10-22(17)29-24)26-18-9-5-7-11-23(18)30-27(20)26/h4-15H,1-3H3. The molecule has 3 heterocycles. The lowest BCUT2D eigenvalue weighted by Gasteiger charge is -2.11. The lowest BCUT2D eigenvalue weighted by atomic mass is 9.96. The molecule has 0 bridgehead atoms. The predicted molar refractivity (Wildman–Crippen MR) is 123 cm³/mol. The van der Waals surface area contributed by atoms with Crippen molar-refractivity contribution < 1.29 is 8.83 Å². The van der Waals surface area contributed by atoms with Gasteiger partial charge in [-0.15, -0.1) is 0 Å². The maximum Gasteiger partial charge on any atom is 0.145 e. The molecule has 0 unspecified atom stereocenters. The second-order valence-electron chi connectivity index (χ2n) is 8.28. The van der Waals surface area contributed by atoms with Crippen molar-refractivity contribution in [3.63, 3.8) is 0 Å².